The van der Waals surface area contributed by atoms with Gasteiger partial charge in [-0.25, -0.2) is 0 Å². The van der Waals surface area contributed by atoms with Gasteiger partial charge >= 0.3 is 0 Å². The van der Waals surface area contributed by atoms with E-state index >= 15 is 0 Å². The zero-order chi connectivity index (χ0) is 9.31. The van der Waals surface area contributed by atoms with Gasteiger partial charge in [-0.2, -0.15) is 0 Å². The maximum absolute atomic E-state index is 5.88. The van der Waals surface area contributed by atoms with Crippen molar-refractivity contribution in [3.8, 4) is 0 Å². The molecule has 2 nitrogen and oxygen atoms in total. The van der Waals surface area contributed by atoms with Crippen molar-refractivity contribution in [2.75, 3.05) is 11.2 Å². The van der Waals surface area contributed by atoms with Crippen molar-refractivity contribution in [1.29, 1.82) is 0 Å². The van der Waals surface area contributed by atoms with Crippen LogP contribution in [0.1, 0.15) is 18.4 Å². The molecule has 0 aliphatic heterocycles. The number of alkyl halides is 1. The molecule has 0 aromatic carbocycles. The van der Waals surface area contributed by atoms with E-state index in [4.69, 9.17) is 11.6 Å². The maximum Gasteiger partial charge on any atom is 0.0510 e. The highest BCUT2D eigenvalue weighted by Gasteiger charge is 2.41. The summed E-state index contributed by atoms with van der Waals surface area (Å²) in [5.41, 5.74) is 2.51. The van der Waals surface area contributed by atoms with Crippen LogP contribution in [0.5, 0.6) is 0 Å². The van der Waals surface area contributed by atoms with Crippen LogP contribution in [0.3, 0.4) is 0 Å². The van der Waals surface area contributed by atoms with E-state index in [1.807, 2.05) is 12.3 Å². The first-order chi connectivity index (χ1) is 6.26. The summed E-state index contributed by atoms with van der Waals surface area (Å²) in [7, 11) is 0. The molecule has 0 atom stereocenters. The lowest BCUT2D eigenvalue weighted by Crippen LogP contribution is -2.23. The van der Waals surface area contributed by atoms with Crippen molar-refractivity contribution in [3.63, 3.8) is 0 Å². The van der Waals surface area contributed by atoms with Gasteiger partial charge in [-0.1, -0.05) is 0 Å². The Kier molecular flexibility index (Phi) is 2.16. The van der Waals surface area contributed by atoms with Crippen molar-refractivity contribution in [1.82, 2.24) is 4.98 Å². The van der Waals surface area contributed by atoms with Gasteiger partial charge < -0.3 is 5.32 Å². The van der Waals surface area contributed by atoms with Crippen LogP contribution in [0.15, 0.2) is 18.5 Å². The molecule has 13 heavy (non-hydrogen) atoms. The molecule has 0 bridgehead atoms. The fraction of sp³-hybridized carbons (Fsp3) is 0.500. The zero-order valence-electron chi connectivity index (χ0n) is 7.68. The number of hydrogen-bond acceptors (Lipinski definition) is 2. The first kappa shape index (κ1) is 8.82. The maximum atomic E-state index is 5.88. The SMILES string of the molecule is Cc1cnccc1NC1(CCl)CC1. The third-order valence-corrected chi connectivity index (χ3v) is 3.04. The summed E-state index contributed by atoms with van der Waals surface area (Å²) < 4.78 is 0. The number of nitrogens with zero attached hydrogens (tertiary/aromatic N) is 1. The van der Waals surface area contributed by atoms with Gasteiger partial charge in [0.25, 0.3) is 0 Å². The lowest BCUT2D eigenvalue weighted by molar-refractivity contribution is 0.835. The van der Waals surface area contributed by atoms with E-state index in [1.165, 1.54) is 18.4 Å². The monoisotopic (exact) mass is 196 g/mol. The van der Waals surface area contributed by atoms with Gasteiger partial charge in [0.1, 0.15) is 0 Å². The minimum Gasteiger partial charge on any atom is -0.378 e. The smallest absolute Gasteiger partial charge is 0.0510 e. The van der Waals surface area contributed by atoms with Crippen LogP contribution in [0.4, 0.5) is 5.69 Å². The first-order valence-corrected chi connectivity index (χ1v) is 5.04. The molecule has 0 amide bonds. The number of nitrogens with one attached hydrogen (secondary N) is 1. The summed E-state index contributed by atoms with van der Waals surface area (Å²) >= 11 is 5.88. The lowest BCUT2D eigenvalue weighted by atomic mass is 10.2. The van der Waals surface area contributed by atoms with Crippen LogP contribution in [-0.4, -0.2) is 16.4 Å². The normalized spacial score (nSPS) is 18.3. The van der Waals surface area contributed by atoms with E-state index in [-0.39, 0.29) is 5.54 Å². The summed E-state index contributed by atoms with van der Waals surface area (Å²) in [6.45, 7) is 2.06. The Balaban J connectivity index is 2.14. The van der Waals surface area contributed by atoms with Crippen molar-refractivity contribution in [3.05, 3.63) is 24.0 Å². The van der Waals surface area contributed by atoms with Crippen LogP contribution >= 0.6 is 11.6 Å². The number of aromatic nitrogens is 1. The highest BCUT2D eigenvalue weighted by molar-refractivity contribution is 6.19. The quantitative estimate of drug-likeness (QED) is 0.752. The summed E-state index contributed by atoms with van der Waals surface area (Å²) in [4.78, 5) is 4.05. The molecule has 70 valence electrons. The van der Waals surface area contributed by atoms with E-state index < -0.39 is 0 Å². The molecule has 1 saturated carbocycles. The van der Waals surface area contributed by atoms with Crippen LogP contribution < -0.4 is 5.32 Å². The highest BCUT2D eigenvalue weighted by atomic mass is 35.5. The first-order valence-electron chi connectivity index (χ1n) is 4.51. The number of anilines is 1. The summed E-state index contributed by atoms with van der Waals surface area (Å²) in [5, 5.41) is 3.48. The van der Waals surface area contributed by atoms with Crippen LogP contribution in [0.25, 0.3) is 0 Å². The topological polar surface area (TPSA) is 24.9 Å². The molecular formula is C10H13ClN2. The molecule has 1 aliphatic rings. The van der Waals surface area contributed by atoms with Crippen molar-refractivity contribution < 1.29 is 0 Å². The number of pyridine rings is 1. The van der Waals surface area contributed by atoms with Crippen molar-refractivity contribution >= 4 is 17.3 Å². The number of hydrogen-bond donors (Lipinski definition) is 1. The molecule has 1 aliphatic carbocycles. The Bertz CT molecular complexity index is 308. The molecule has 3 heteroatoms. The summed E-state index contributed by atoms with van der Waals surface area (Å²) in [6, 6.07) is 2.00. The molecule has 1 aromatic heterocycles. The molecule has 1 heterocycles. The van der Waals surface area contributed by atoms with Crippen LogP contribution in [0.2, 0.25) is 0 Å². The average Bonchev–Trinajstić information content (AvgIpc) is 2.90. The van der Waals surface area contributed by atoms with Crippen LogP contribution in [-0.2, 0) is 0 Å². The summed E-state index contributed by atoms with van der Waals surface area (Å²) in [5.74, 6) is 0.689. The van der Waals surface area contributed by atoms with Gasteiger partial charge in [0.2, 0.25) is 0 Å². The standard InChI is InChI=1S/C10H13ClN2/c1-8-6-12-5-2-9(8)13-10(7-11)3-4-10/h2,5-6H,3-4,7H2,1H3,(H,12,13). The molecular weight excluding hydrogens is 184 g/mol. The van der Waals surface area contributed by atoms with Gasteiger partial charge in [-0.3, -0.25) is 4.98 Å². The zero-order valence-corrected chi connectivity index (χ0v) is 8.43. The second kappa shape index (κ2) is 3.18. The predicted octanol–water partition coefficient (Wildman–Crippen LogP) is 2.57. The van der Waals surface area contributed by atoms with Gasteiger partial charge in [-0.05, 0) is 31.4 Å². The van der Waals surface area contributed by atoms with E-state index in [1.54, 1.807) is 6.20 Å². The molecule has 1 aromatic rings. The van der Waals surface area contributed by atoms with E-state index in [2.05, 4.69) is 17.2 Å². The molecule has 1 N–H and O–H groups in total. The van der Waals surface area contributed by atoms with E-state index in [0.717, 1.165) is 5.69 Å². The lowest BCUT2D eigenvalue weighted by Gasteiger charge is -2.16. The van der Waals surface area contributed by atoms with Crippen LogP contribution in [0, 0.1) is 6.92 Å². The third-order valence-electron chi connectivity index (χ3n) is 2.53. The second-order valence-corrected chi connectivity index (χ2v) is 4.00. The van der Waals surface area contributed by atoms with Crippen molar-refractivity contribution in [2.24, 2.45) is 0 Å². The Morgan fingerprint density at radius 2 is 2.38 bits per heavy atom. The van der Waals surface area contributed by atoms with Gasteiger partial charge in [0.15, 0.2) is 0 Å². The fourth-order valence-corrected chi connectivity index (χ4v) is 1.68. The van der Waals surface area contributed by atoms with Crippen molar-refractivity contribution in [2.45, 2.75) is 25.3 Å². The van der Waals surface area contributed by atoms with E-state index in [0.29, 0.717) is 5.88 Å². The molecule has 0 unspecified atom stereocenters. The number of halogens is 1. The third kappa shape index (κ3) is 1.78. The summed E-state index contributed by atoms with van der Waals surface area (Å²) in [6.07, 6.45) is 6.03. The van der Waals surface area contributed by atoms with Gasteiger partial charge in [0.05, 0.1) is 5.54 Å². The molecule has 0 radical (unpaired) electrons. The largest absolute Gasteiger partial charge is 0.378 e. The Morgan fingerprint density at radius 3 is 2.92 bits per heavy atom. The Morgan fingerprint density at radius 1 is 1.62 bits per heavy atom. The Hall–Kier alpha value is -0.760. The molecule has 0 saturated heterocycles. The number of aryl methyl sites for hydroxylation is 1. The van der Waals surface area contributed by atoms with E-state index in [9.17, 15) is 0 Å². The Labute approximate surface area is 83.3 Å². The highest BCUT2D eigenvalue weighted by Crippen LogP contribution is 2.40. The number of rotatable bonds is 3. The van der Waals surface area contributed by atoms with Gasteiger partial charge in [0, 0.05) is 24.0 Å². The molecule has 0 spiro atoms. The minimum absolute atomic E-state index is 0.174. The second-order valence-electron chi connectivity index (χ2n) is 3.73. The average molecular weight is 197 g/mol. The molecule has 1 fully saturated rings. The van der Waals surface area contributed by atoms with Gasteiger partial charge in [-0.15, -0.1) is 11.6 Å². The molecule has 2 rings (SSSR count). The fourth-order valence-electron chi connectivity index (χ4n) is 1.34. The predicted molar refractivity (Wildman–Crippen MR) is 55.3 cm³/mol. The minimum atomic E-state index is 0.174.